The van der Waals surface area contributed by atoms with Crippen molar-refractivity contribution < 1.29 is 18.0 Å². The van der Waals surface area contributed by atoms with Gasteiger partial charge >= 0.3 is 0 Å². The van der Waals surface area contributed by atoms with Crippen molar-refractivity contribution in [2.45, 2.75) is 17.6 Å². The van der Waals surface area contributed by atoms with Gasteiger partial charge in [-0.15, -0.1) is 12.4 Å². The molecular formula is C16H23Cl2N3O4S. The molecule has 2 N–H and O–H groups in total. The molecule has 146 valence electrons. The molecule has 0 radical (unpaired) electrons. The minimum atomic E-state index is -3.61. The molecule has 1 saturated heterocycles. The lowest BCUT2D eigenvalue weighted by atomic mass is 9.95. The number of rotatable bonds is 4. The third kappa shape index (κ3) is 4.49. The van der Waals surface area contributed by atoms with Crippen LogP contribution in [0.25, 0.3) is 0 Å². The first-order valence-corrected chi connectivity index (χ1v) is 10.1. The first-order chi connectivity index (χ1) is 11.6. The van der Waals surface area contributed by atoms with Crippen molar-refractivity contribution >= 4 is 51.3 Å². The number of piperidine rings is 1. The van der Waals surface area contributed by atoms with Gasteiger partial charge in [0.25, 0.3) is 5.91 Å². The van der Waals surface area contributed by atoms with Crippen molar-refractivity contribution in [3.8, 4) is 0 Å². The van der Waals surface area contributed by atoms with Crippen molar-refractivity contribution in [3.63, 3.8) is 0 Å². The minimum Gasteiger partial charge on any atom is -0.345 e. The molecule has 1 aromatic rings. The van der Waals surface area contributed by atoms with Gasteiger partial charge in [-0.2, -0.15) is 0 Å². The van der Waals surface area contributed by atoms with Crippen molar-refractivity contribution in [2.75, 3.05) is 38.8 Å². The highest BCUT2D eigenvalue weighted by Crippen LogP contribution is 2.30. The molecule has 1 aromatic carbocycles. The average molecular weight is 424 g/mol. The standard InChI is InChI=1S/C16H22ClN3O4S.ClH/c1-20(2)14(21)12-10-11(4-5-13(12)17)19-15(22)16(25(3,23)24)6-8-18-9-7-16;/h4-5,10,18H,6-9H2,1-3H3,(H,19,22);1H. The summed E-state index contributed by atoms with van der Waals surface area (Å²) in [5, 5.41) is 5.97. The number of carbonyl (C=O) groups is 2. The first-order valence-electron chi connectivity index (χ1n) is 7.81. The summed E-state index contributed by atoms with van der Waals surface area (Å²) in [4.78, 5) is 26.3. The van der Waals surface area contributed by atoms with Gasteiger partial charge in [0.05, 0.1) is 10.6 Å². The molecule has 0 spiro atoms. The van der Waals surface area contributed by atoms with E-state index in [0.717, 1.165) is 6.26 Å². The van der Waals surface area contributed by atoms with Crippen LogP contribution in [0.4, 0.5) is 5.69 Å². The number of anilines is 1. The summed E-state index contributed by atoms with van der Waals surface area (Å²) < 4.78 is 23.1. The number of halogens is 2. The number of hydrogen-bond acceptors (Lipinski definition) is 5. The van der Waals surface area contributed by atoms with E-state index in [-0.39, 0.29) is 41.7 Å². The van der Waals surface area contributed by atoms with E-state index in [0.29, 0.717) is 18.8 Å². The predicted octanol–water partition coefficient (Wildman–Crippen LogP) is 1.57. The Bertz CT molecular complexity index is 791. The Morgan fingerprint density at radius 3 is 2.31 bits per heavy atom. The van der Waals surface area contributed by atoms with Crippen molar-refractivity contribution in [3.05, 3.63) is 28.8 Å². The van der Waals surface area contributed by atoms with E-state index >= 15 is 0 Å². The maximum Gasteiger partial charge on any atom is 0.254 e. The van der Waals surface area contributed by atoms with Crippen LogP contribution in [0.3, 0.4) is 0 Å². The van der Waals surface area contributed by atoms with Crippen LogP contribution < -0.4 is 10.6 Å². The Kier molecular flexibility index (Phi) is 7.47. The van der Waals surface area contributed by atoms with Crippen molar-refractivity contribution in [1.82, 2.24) is 10.2 Å². The second kappa shape index (κ2) is 8.56. The number of benzene rings is 1. The summed E-state index contributed by atoms with van der Waals surface area (Å²) in [5.74, 6) is -0.886. The first kappa shape index (κ1) is 22.7. The minimum absolute atomic E-state index is 0. The Balaban J connectivity index is 0.00000338. The van der Waals surface area contributed by atoms with Crippen LogP contribution >= 0.6 is 24.0 Å². The molecule has 0 atom stereocenters. The summed E-state index contributed by atoms with van der Waals surface area (Å²) in [7, 11) is -0.418. The zero-order chi connectivity index (χ0) is 18.8. The lowest BCUT2D eigenvalue weighted by Gasteiger charge is -2.34. The van der Waals surface area contributed by atoms with Gasteiger partial charge < -0.3 is 15.5 Å². The number of nitrogens with one attached hydrogen (secondary N) is 2. The normalized spacial score (nSPS) is 16.3. The van der Waals surface area contributed by atoms with Gasteiger partial charge in [-0.3, -0.25) is 9.59 Å². The molecule has 0 aromatic heterocycles. The Morgan fingerprint density at radius 2 is 1.81 bits per heavy atom. The lowest BCUT2D eigenvalue weighted by Crippen LogP contribution is -2.55. The molecule has 2 amide bonds. The summed E-state index contributed by atoms with van der Waals surface area (Å²) in [6.07, 6.45) is 1.49. The second-order valence-corrected chi connectivity index (χ2v) is 9.10. The van der Waals surface area contributed by atoms with Gasteiger partial charge in [-0.05, 0) is 44.1 Å². The molecule has 2 rings (SSSR count). The molecule has 1 fully saturated rings. The molecule has 0 unspecified atom stereocenters. The zero-order valence-corrected chi connectivity index (χ0v) is 17.2. The average Bonchev–Trinajstić information content (AvgIpc) is 2.55. The molecule has 10 heteroatoms. The Morgan fingerprint density at radius 1 is 1.23 bits per heavy atom. The Hall–Kier alpha value is -1.35. The van der Waals surface area contributed by atoms with E-state index in [2.05, 4.69) is 10.6 Å². The third-order valence-electron chi connectivity index (χ3n) is 4.40. The van der Waals surface area contributed by atoms with Crippen LogP contribution in [-0.2, 0) is 14.6 Å². The van der Waals surface area contributed by atoms with E-state index in [9.17, 15) is 18.0 Å². The number of sulfone groups is 1. The number of amides is 2. The molecule has 1 aliphatic heterocycles. The summed E-state index contributed by atoms with van der Waals surface area (Å²) in [6, 6.07) is 4.51. The highest BCUT2D eigenvalue weighted by atomic mass is 35.5. The van der Waals surface area contributed by atoms with Crippen LogP contribution in [0.15, 0.2) is 18.2 Å². The second-order valence-electron chi connectivity index (χ2n) is 6.36. The van der Waals surface area contributed by atoms with E-state index in [1.807, 2.05) is 0 Å². The third-order valence-corrected chi connectivity index (χ3v) is 6.74. The van der Waals surface area contributed by atoms with Gasteiger partial charge in [-0.25, -0.2) is 8.42 Å². The number of carbonyl (C=O) groups excluding carboxylic acids is 2. The maximum absolute atomic E-state index is 12.8. The summed E-state index contributed by atoms with van der Waals surface area (Å²) >= 11 is 6.06. The fraction of sp³-hybridized carbons (Fsp3) is 0.500. The van der Waals surface area contributed by atoms with E-state index in [1.165, 1.54) is 17.0 Å². The lowest BCUT2D eigenvalue weighted by molar-refractivity contribution is -0.119. The summed E-state index contributed by atoms with van der Waals surface area (Å²) in [6.45, 7) is 0.900. The smallest absolute Gasteiger partial charge is 0.254 e. The van der Waals surface area contributed by atoms with E-state index in [4.69, 9.17) is 11.6 Å². The predicted molar refractivity (Wildman–Crippen MR) is 105 cm³/mol. The molecule has 0 aliphatic carbocycles. The molecule has 1 heterocycles. The molecule has 0 saturated carbocycles. The molecule has 1 aliphatic rings. The zero-order valence-electron chi connectivity index (χ0n) is 14.8. The number of nitrogens with zero attached hydrogens (tertiary/aromatic N) is 1. The van der Waals surface area contributed by atoms with Crippen LogP contribution in [0.1, 0.15) is 23.2 Å². The number of hydrogen-bond donors (Lipinski definition) is 2. The topological polar surface area (TPSA) is 95.6 Å². The fourth-order valence-corrected chi connectivity index (χ4v) is 4.38. The monoisotopic (exact) mass is 423 g/mol. The van der Waals surface area contributed by atoms with Gasteiger partial charge in [0.1, 0.15) is 0 Å². The van der Waals surface area contributed by atoms with Crippen LogP contribution in [0.2, 0.25) is 5.02 Å². The Labute approximate surface area is 164 Å². The maximum atomic E-state index is 12.8. The molecular weight excluding hydrogens is 401 g/mol. The SMILES string of the molecule is CN(C)C(=O)c1cc(NC(=O)C2(S(C)(=O)=O)CCNCC2)ccc1Cl.Cl. The van der Waals surface area contributed by atoms with Gasteiger partial charge in [-0.1, -0.05) is 11.6 Å². The van der Waals surface area contributed by atoms with Crippen LogP contribution in [0.5, 0.6) is 0 Å². The van der Waals surface area contributed by atoms with Gasteiger partial charge in [0.2, 0.25) is 5.91 Å². The van der Waals surface area contributed by atoms with Gasteiger partial charge in [0.15, 0.2) is 14.6 Å². The van der Waals surface area contributed by atoms with E-state index in [1.54, 1.807) is 20.2 Å². The van der Waals surface area contributed by atoms with Crippen molar-refractivity contribution in [1.29, 1.82) is 0 Å². The molecule has 7 nitrogen and oxygen atoms in total. The summed E-state index contributed by atoms with van der Waals surface area (Å²) in [5.41, 5.74) is 0.573. The fourth-order valence-electron chi connectivity index (χ4n) is 2.85. The van der Waals surface area contributed by atoms with E-state index < -0.39 is 20.5 Å². The highest BCUT2D eigenvalue weighted by Gasteiger charge is 2.48. The molecule has 26 heavy (non-hydrogen) atoms. The van der Waals surface area contributed by atoms with Crippen LogP contribution in [0, 0.1) is 0 Å². The van der Waals surface area contributed by atoms with Crippen LogP contribution in [-0.4, -0.2) is 63.3 Å². The highest BCUT2D eigenvalue weighted by molar-refractivity contribution is 7.92. The van der Waals surface area contributed by atoms with Gasteiger partial charge in [0, 0.05) is 26.0 Å². The molecule has 0 bridgehead atoms. The van der Waals surface area contributed by atoms with Crippen molar-refractivity contribution in [2.24, 2.45) is 0 Å². The quantitative estimate of drug-likeness (QED) is 0.765. The largest absolute Gasteiger partial charge is 0.345 e.